The van der Waals surface area contributed by atoms with Crippen LogP contribution in [-0.2, 0) is 0 Å². The van der Waals surface area contributed by atoms with E-state index in [4.69, 9.17) is 10.2 Å². The highest BCUT2D eigenvalue weighted by molar-refractivity contribution is 5.54. The van der Waals surface area contributed by atoms with Crippen LogP contribution in [0.1, 0.15) is 5.56 Å². The summed E-state index contributed by atoms with van der Waals surface area (Å²) < 4.78 is 0. The molecule has 0 amide bonds. The monoisotopic (exact) mass is 167 g/mol. The Kier molecular flexibility index (Phi) is 2.94. The minimum absolute atomic E-state index is 0.0924. The van der Waals surface area contributed by atoms with Crippen LogP contribution in [-0.4, -0.2) is 23.4 Å². The summed E-state index contributed by atoms with van der Waals surface area (Å²) in [5.74, 6) is 0.237. The number of phenols is 1. The normalized spacial score (nSPS) is 9.83. The molecule has 0 saturated carbocycles. The molecule has 3 nitrogen and oxygen atoms in total. The van der Waals surface area contributed by atoms with Gasteiger partial charge in [-0.05, 0) is 18.6 Å². The summed E-state index contributed by atoms with van der Waals surface area (Å²) in [5.41, 5.74) is 1.92. The summed E-state index contributed by atoms with van der Waals surface area (Å²) in [6, 6.07) is 5.11. The van der Waals surface area contributed by atoms with Crippen molar-refractivity contribution in [3.05, 3.63) is 23.8 Å². The number of hydrogen-bond donors (Lipinski definition) is 3. The molecular formula is C9H13NO2. The molecule has 0 aromatic heterocycles. The predicted octanol–water partition coefficient (Wildman–Crippen LogP) is 1.10. The highest BCUT2D eigenvalue weighted by Gasteiger charge is 1.97. The number of aliphatic hydroxyl groups is 1. The second-order valence-electron chi connectivity index (χ2n) is 2.65. The first-order valence-corrected chi connectivity index (χ1v) is 3.88. The average Bonchev–Trinajstić information content (AvgIpc) is 2.07. The third-order valence-electron chi connectivity index (χ3n) is 1.65. The lowest BCUT2D eigenvalue weighted by atomic mass is 10.2. The van der Waals surface area contributed by atoms with E-state index in [2.05, 4.69) is 5.32 Å². The van der Waals surface area contributed by atoms with E-state index in [0.717, 1.165) is 11.3 Å². The lowest BCUT2D eigenvalue weighted by Gasteiger charge is -2.07. The third kappa shape index (κ3) is 2.13. The van der Waals surface area contributed by atoms with E-state index in [0.29, 0.717) is 6.54 Å². The maximum Gasteiger partial charge on any atom is 0.117 e. The van der Waals surface area contributed by atoms with Crippen molar-refractivity contribution in [2.45, 2.75) is 6.92 Å². The first-order valence-electron chi connectivity index (χ1n) is 3.88. The molecule has 0 radical (unpaired) electrons. The van der Waals surface area contributed by atoms with Crippen LogP contribution in [0.5, 0.6) is 5.75 Å². The van der Waals surface area contributed by atoms with E-state index in [9.17, 15) is 0 Å². The van der Waals surface area contributed by atoms with Gasteiger partial charge in [-0.2, -0.15) is 0 Å². The molecule has 0 fully saturated rings. The standard InChI is InChI=1S/C9H13NO2/c1-7-2-3-8(12)6-9(7)10-4-5-11/h2-3,6,10-12H,4-5H2,1H3. The van der Waals surface area contributed by atoms with Crippen molar-refractivity contribution in [2.24, 2.45) is 0 Å². The molecule has 0 aliphatic rings. The minimum Gasteiger partial charge on any atom is -0.508 e. The SMILES string of the molecule is Cc1ccc(O)cc1NCCO. The lowest BCUT2D eigenvalue weighted by Crippen LogP contribution is -2.06. The number of anilines is 1. The molecule has 0 atom stereocenters. The minimum atomic E-state index is 0.0924. The quantitative estimate of drug-likeness (QED) is 0.632. The van der Waals surface area contributed by atoms with Crippen molar-refractivity contribution < 1.29 is 10.2 Å². The molecule has 0 unspecified atom stereocenters. The Morgan fingerprint density at radius 3 is 2.83 bits per heavy atom. The average molecular weight is 167 g/mol. The van der Waals surface area contributed by atoms with Gasteiger partial charge in [0.15, 0.2) is 0 Å². The van der Waals surface area contributed by atoms with Gasteiger partial charge in [-0.25, -0.2) is 0 Å². The topological polar surface area (TPSA) is 52.5 Å². The maximum atomic E-state index is 9.13. The lowest BCUT2D eigenvalue weighted by molar-refractivity contribution is 0.311. The highest BCUT2D eigenvalue weighted by Crippen LogP contribution is 2.20. The van der Waals surface area contributed by atoms with Gasteiger partial charge >= 0.3 is 0 Å². The van der Waals surface area contributed by atoms with Crippen molar-refractivity contribution in [3.63, 3.8) is 0 Å². The molecule has 66 valence electrons. The molecule has 0 saturated heterocycles. The molecule has 0 aliphatic carbocycles. The van der Waals surface area contributed by atoms with Crippen molar-refractivity contribution >= 4 is 5.69 Å². The van der Waals surface area contributed by atoms with Gasteiger partial charge in [0, 0.05) is 18.3 Å². The fourth-order valence-electron chi connectivity index (χ4n) is 0.991. The number of aliphatic hydroxyl groups excluding tert-OH is 1. The zero-order valence-electron chi connectivity index (χ0n) is 7.04. The molecule has 1 aromatic rings. The van der Waals surface area contributed by atoms with Gasteiger partial charge in [-0.3, -0.25) is 0 Å². The van der Waals surface area contributed by atoms with E-state index >= 15 is 0 Å². The van der Waals surface area contributed by atoms with Crippen LogP contribution < -0.4 is 5.32 Å². The van der Waals surface area contributed by atoms with Crippen molar-refractivity contribution in [1.29, 1.82) is 0 Å². The summed E-state index contributed by atoms with van der Waals surface area (Å²) in [7, 11) is 0. The van der Waals surface area contributed by atoms with Crippen molar-refractivity contribution in [3.8, 4) is 5.75 Å². The molecule has 0 spiro atoms. The van der Waals surface area contributed by atoms with Crippen molar-refractivity contribution in [1.82, 2.24) is 0 Å². The van der Waals surface area contributed by atoms with Crippen molar-refractivity contribution in [2.75, 3.05) is 18.5 Å². The number of aryl methyl sites for hydroxylation is 1. The Labute approximate surface area is 71.7 Å². The maximum absolute atomic E-state index is 9.13. The van der Waals surface area contributed by atoms with Gasteiger partial charge in [-0.1, -0.05) is 6.07 Å². The zero-order chi connectivity index (χ0) is 8.97. The van der Waals surface area contributed by atoms with E-state index in [1.807, 2.05) is 13.0 Å². The smallest absolute Gasteiger partial charge is 0.117 e. The first kappa shape index (κ1) is 8.87. The molecular weight excluding hydrogens is 154 g/mol. The fraction of sp³-hybridized carbons (Fsp3) is 0.333. The van der Waals surface area contributed by atoms with Crippen LogP contribution >= 0.6 is 0 Å². The molecule has 1 rings (SSSR count). The number of benzene rings is 1. The second kappa shape index (κ2) is 3.97. The van der Waals surface area contributed by atoms with Gasteiger partial charge < -0.3 is 15.5 Å². The van der Waals surface area contributed by atoms with Gasteiger partial charge in [-0.15, -0.1) is 0 Å². The summed E-state index contributed by atoms with van der Waals surface area (Å²) in [6.07, 6.45) is 0. The molecule has 3 heteroatoms. The summed E-state index contributed by atoms with van der Waals surface area (Å²) >= 11 is 0. The van der Waals surface area contributed by atoms with Gasteiger partial charge in [0.25, 0.3) is 0 Å². The fourth-order valence-corrected chi connectivity index (χ4v) is 0.991. The van der Waals surface area contributed by atoms with Crippen LogP contribution in [0.15, 0.2) is 18.2 Å². The van der Waals surface area contributed by atoms with Crippen LogP contribution in [0.25, 0.3) is 0 Å². The Morgan fingerprint density at radius 2 is 2.17 bits per heavy atom. The van der Waals surface area contributed by atoms with E-state index in [1.54, 1.807) is 12.1 Å². The molecule has 1 aromatic carbocycles. The van der Waals surface area contributed by atoms with E-state index in [1.165, 1.54) is 0 Å². The van der Waals surface area contributed by atoms with E-state index < -0.39 is 0 Å². The van der Waals surface area contributed by atoms with Crippen LogP contribution in [0.4, 0.5) is 5.69 Å². The summed E-state index contributed by atoms with van der Waals surface area (Å²) in [5, 5.41) is 20.7. The summed E-state index contributed by atoms with van der Waals surface area (Å²) in [4.78, 5) is 0. The number of phenolic OH excluding ortho intramolecular Hbond substituents is 1. The molecule has 12 heavy (non-hydrogen) atoms. The molecule has 0 bridgehead atoms. The zero-order valence-corrected chi connectivity index (χ0v) is 7.04. The largest absolute Gasteiger partial charge is 0.508 e. The van der Waals surface area contributed by atoms with Gasteiger partial charge in [0.2, 0.25) is 0 Å². The second-order valence-corrected chi connectivity index (χ2v) is 2.65. The van der Waals surface area contributed by atoms with E-state index in [-0.39, 0.29) is 12.4 Å². The molecule has 3 N–H and O–H groups in total. The molecule has 0 heterocycles. The first-order chi connectivity index (χ1) is 5.74. The Morgan fingerprint density at radius 1 is 1.42 bits per heavy atom. The molecule has 0 aliphatic heterocycles. The third-order valence-corrected chi connectivity index (χ3v) is 1.65. The number of hydrogen-bond acceptors (Lipinski definition) is 3. The Balaban J connectivity index is 2.75. The Hall–Kier alpha value is -1.22. The van der Waals surface area contributed by atoms with Crippen LogP contribution in [0, 0.1) is 6.92 Å². The predicted molar refractivity (Wildman–Crippen MR) is 48.4 cm³/mol. The van der Waals surface area contributed by atoms with Gasteiger partial charge in [0.1, 0.15) is 5.75 Å². The highest BCUT2D eigenvalue weighted by atomic mass is 16.3. The van der Waals surface area contributed by atoms with Crippen LogP contribution in [0.3, 0.4) is 0 Å². The van der Waals surface area contributed by atoms with Gasteiger partial charge in [0.05, 0.1) is 6.61 Å². The number of nitrogens with one attached hydrogen (secondary N) is 1. The number of aromatic hydroxyl groups is 1. The number of rotatable bonds is 3. The Bertz CT molecular complexity index is 261. The summed E-state index contributed by atoms with van der Waals surface area (Å²) in [6.45, 7) is 2.54. The van der Waals surface area contributed by atoms with Crippen LogP contribution in [0.2, 0.25) is 0 Å².